The minimum atomic E-state index is -0.0694. The molecule has 0 atom stereocenters. The predicted molar refractivity (Wildman–Crippen MR) is 40.4 cm³/mol. The van der Waals surface area contributed by atoms with Crippen molar-refractivity contribution in [3.8, 4) is 0 Å². The van der Waals surface area contributed by atoms with Crippen LogP contribution in [0.15, 0.2) is 29.5 Å². The second kappa shape index (κ2) is 1.95. The molecule has 0 radical (unpaired) electrons. The Kier molecular flexibility index (Phi) is 1.09. The van der Waals surface area contributed by atoms with Crippen molar-refractivity contribution < 1.29 is 0 Å². The molecule has 4 nitrogen and oxygen atoms in total. The van der Waals surface area contributed by atoms with E-state index in [-0.39, 0.29) is 5.69 Å². The normalized spacial score (nSPS) is 10.6. The van der Waals surface area contributed by atoms with Crippen molar-refractivity contribution in [1.29, 1.82) is 0 Å². The van der Waals surface area contributed by atoms with E-state index in [1.54, 1.807) is 31.7 Å². The minimum absolute atomic E-state index is 0.0694. The molecule has 0 aromatic carbocycles. The summed E-state index contributed by atoms with van der Waals surface area (Å²) in [5.41, 5.74) is 0.619. The summed E-state index contributed by atoms with van der Waals surface area (Å²) in [6.45, 7) is 0. The lowest BCUT2D eigenvalue weighted by Gasteiger charge is -1.95. The highest BCUT2D eigenvalue weighted by atomic mass is 16.1. The summed E-state index contributed by atoms with van der Waals surface area (Å²) in [7, 11) is 1.71. The number of fused-ring (bicyclic) bond motifs is 1. The zero-order valence-electron chi connectivity index (χ0n) is 6.06. The summed E-state index contributed by atoms with van der Waals surface area (Å²) >= 11 is 0. The minimum Gasteiger partial charge on any atom is -0.303 e. The predicted octanol–water partition coefficient (Wildman–Crippen LogP) is 0.0330. The van der Waals surface area contributed by atoms with Crippen molar-refractivity contribution in [3.63, 3.8) is 0 Å². The lowest BCUT2D eigenvalue weighted by atomic mass is 10.6. The fourth-order valence-corrected chi connectivity index (χ4v) is 1.01. The maximum atomic E-state index is 11.3. The van der Waals surface area contributed by atoms with Crippen molar-refractivity contribution >= 4 is 5.65 Å². The second-order valence-electron chi connectivity index (χ2n) is 2.36. The van der Waals surface area contributed by atoms with Crippen molar-refractivity contribution in [2.45, 2.75) is 0 Å². The lowest BCUT2D eigenvalue weighted by Crippen LogP contribution is -2.22. The molecule has 0 aliphatic carbocycles. The van der Waals surface area contributed by atoms with E-state index < -0.39 is 0 Å². The van der Waals surface area contributed by atoms with Gasteiger partial charge in [0.25, 0.3) is 0 Å². The first-order valence-corrected chi connectivity index (χ1v) is 3.28. The van der Waals surface area contributed by atoms with E-state index in [0.717, 1.165) is 0 Å². The molecular weight excluding hydrogens is 142 g/mol. The molecule has 0 aliphatic heterocycles. The first-order valence-electron chi connectivity index (χ1n) is 3.28. The quantitative estimate of drug-likeness (QED) is 0.530. The number of nitrogens with zero attached hydrogens (tertiary/aromatic N) is 3. The van der Waals surface area contributed by atoms with Gasteiger partial charge >= 0.3 is 5.69 Å². The molecule has 56 valence electrons. The van der Waals surface area contributed by atoms with Crippen LogP contribution in [0, 0.1) is 0 Å². The molecule has 0 aliphatic rings. The lowest BCUT2D eigenvalue weighted by molar-refractivity contribution is 0.789. The summed E-state index contributed by atoms with van der Waals surface area (Å²) in [6.07, 6.45) is 4.96. The van der Waals surface area contributed by atoms with Crippen molar-refractivity contribution in [2.75, 3.05) is 0 Å². The number of imidazole rings is 1. The van der Waals surface area contributed by atoms with Crippen LogP contribution in [0.25, 0.3) is 5.65 Å². The standard InChI is InChI=1S/C7H7N3O/c1-9-4-2-6-8-3-5-10(6)7(9)11/h2-5H,1H3. The average molecular weight is 149 g/mol. The Bertz CT molecular complexity index is 440. The molecule has 2 aromatic heterocycles. The molecule has 4 heteroatoms. The smallest absolute Gasteiger partial charge is 0.303 e. The first-order chi connectivity index (χ1) is 5.29. The Morgan fingerprint density at radius 3 is 3.09 bits per heavy atom. The van der Waals surface area contributed by atoms with E-state index in [1.165, 1.54) is 8.97 Å². The van der Waals surface area contributed by atoms with Crippen molar-refractivity contribution in [3.05, 3.63) is 35.1 Å². The van der Waals surface area contributed by atoms with Crippen molar-refractivity contribution in [1.82, 2.24) is 14.0 Å². The van der Waals surface area contributed by atoms with Gasteiger partial charge in [-0.15, -0.1) is 0 Å². The SMILES string of the molecule is Cn1ccc2nccn2c1=O. The molecule has 0 bridgehead atoms. The molecule has 0 saturated heterocycles. The summed E-state index contributed by atoms with van der Waals surface area (Å²) in [5.74, 6) is 0. The number of hydrogen-bond donors (Lipinski definition) is 0. The van der Waals surface area contributed by atoms with Gasteiger partial charge in [-0.25, -0.2) is 9.78 Å². The van der Waals surface area contributed by atoms with E-state index in [4.69, 9.17) is 0 Å². The summed E-state index contributed by atoms with van der Waals surface area (Å²) in [4.78, 5) is 15.2. The third kappa shape index (κ3) is 0.756. The van der Waals surface area contributed by atoms with Gasteiger partial charge in [0.2, 0.25) is 0 Å². The van der Waals surface area contributed by atoms with Gasteiger partial charge in [0.05, 0.1) is 0 Å². The Morgan fingerprint density at radius 2 is 2.27 bits per heavy atom. The average Bonchev–Trinajstić information content (AvgIpc) is 2.45. The van der Waals surface area contributed by atoms with Crippen LogP contribution in [-0.4, -0.2) is 14.0 Å². The maximum absolute atomic E-state index is 11.3. The van der Waals surface area contributed by atoms with Gasteiger partial charge in [0.1, 0.15) is 5.65 Å². The van der Waals surface area contributed by atoms with Gasteiger partial charge in [-0.1, -0.05) is 0 Å². The number of hydrogen-bond acceptors (Lipinski definition) is 2. The van der Waals surface area contributed by atoms with Crippen LogP contribution in [0.4, 0.5) is 0 Å². The van der Waals surface area contributed by atoms with Crippen LogP contribution >= 0.6 is 0 Å². The maximum Gasteiger partial charge on any atom is 0.333 e. The Balaban J connectivity index is 3.05. The summed E-state index contributed by atoms with van der Waals surface area (Å²) in [5, 5.41) is 0. The molecule has 11 heavy (non-hydrogen) atoms. The number of aromatic nitrogens is 3. The molecule has 0 unspecified atom stereocenters. The third-order valence-electron chi connectivity index (χ3n) is 1.62. The second-order valence-corrected chi connectivity index (χ2v) is 2.36. The van der Waals surface area contributed by atoms with E-state index in [1.807, 2.05) is 0 Å². The molecule has 0 spiro atoms. The van der Waals surface area contributed by atoms with Crippen LogP contribution in [0.5, 0.6) is 0 Å². The zero-order chi connectivity index (χ0) is 7.84. The highest BCUT2D eigenvalue weighted by molar-refractivity contribution is 5.35. The van der Waals surface area contributed by atoms with Gasteiger partial charge < -0.3 is 4.57 Å². The highest BCUT2D eigenvalue weighted by Gasteiger charge is 1.96. The molecule has 0 N–H and O–H groups in total. The van der Waals surface area contributed by atoms with Crippen LogP contribution < -0.4 is 5.69 Å². The Morgan fingerprint density at radius 1 is 1.45 bits per heavy atom. The van der Waals surface area contributed by atoms with Gasteiger partial charge in [-0.3, -0.25) is 4.40 Å². The van der Waals surface area contributed by atoms with Crippen LogP contribution in [0.3, 0.4) is 0 Å². The molecule has 2 aromatic rings. The number of rotatable bonds is 0. The van der Waals surface area contributed by atoms with E-state index in [2.05, 4.69) is 4.98 Å². The van der Waals surface area contributed by atoms with E-state index >= 15 is 0 Å². The van der Waals surface area contributed by atoms with Gasteiger partial charge in [-0.05, 0) is 6.07 Å². The third-order valence-corrected chi connectivity index (χ3v) is 1.62. The molecule has 0 fully saturated rings. The fourth-order valence-electron chi connectivity index (χ4n) is 1.01. The number of aryl methyl sites for hydroxylation is 1. The Hall–Kier alpha value is -1.58. The largest absolute Gasteiger partial charge is 0.333 e. The van der Waals surface area contributed by atoms with Crippen LogP contribution in [-0.2, 0) is 7.05 Å². The summed E-state index contributed by atoms with van der Waals surface area (Å²) < 4.78 is 3.01. The topological polar surface area (TPSA) is 39.3 Å². The van der Waals surface area contributed by atoms with E-state index in [0.29, 0.717) is 5.65 Å². The van der Waals surface area contributed by atoms with E-state index in [9.17, 15) is 4.79 Å². The zero-order valence-corrected chi connectivity index (χ0v) is 6.06. The summed E-state index contributed by atoms with van der Waals surface area (Å²) in [6, 6.07) is 1.79. The van der Waals surface area contributed by atoms with Gasteiger partial charge in [0.15, 0.2) is 0 Å². The molecule has 2 rings (SSSR count). The molecule has 0 saturated carbocycles. The monoisotopic (exact) mass is 149 g/mol. The van der Waals surface area contributed by atoms with Crippen LogP contribution in [0.2, 0.25) is 0 Å². The van der Waals surface area contributed by atoms with Gasteiger partial charge in [0, 0.05) is 25.6 Å². The molecule has 2 heterocycles. The Labute approximate surface area is 62.7 Å². The van der Waals surface area contributed by atoms with Crippen molar-refractivity contribution in [2.24, 2.45) is 7.05 Å². The van der Waals surface area contributed by atoms with Gasteiger partial charge in [-0.2, -0.15) is 0 Å². The molecule has 0 amide bonds. The molecular formula is C7H7N3O. The fraction of sp³-hybridized carbons (Fsp3) is 0.143. The first kappa shape index (κ1) is 6.15. The van der Waals surface area contributed by atoms with Crippen LogP contribution in [0.1, 0.15) is 0 Å². The highest BCUT2D eigenvalue weighted by Crippen LogP contribution is 1.92.